The number of benzene rings is 2. The molecule has 0 spiro atoms. The van der Waals surface area contributed by atoms with Gasteiger partial charge < -0.3 is 0 Å². The maximum absolute atomic E-state index is 13.5. The molecule has 2 aromatic carbocycles. The summed E-state index contributed by atoms with van der Waals surface area (Å²) < 4.78 is 13.5. The first kappa shape index (κ1) is 17.9. The number of aryl methyl sites for hydroxylation is 1. The Morgan fingerprint density at radius 1 is 1.14 bits per heavy atom. The normalized spacial score (nSPS) is 9.50. The summed E-state index contributed by atoms with van der Waals surface area (Å²) in [6.45, 7) is 13.2. The Balaban J connectivity index is 0.00000116. The topological polar surface area (TPSA) is 15.6 Å². The molecule has 22 heavy (non-hydrogen) atoms. The van der Waals surface area contributed by atoms with Crippen LogP contribution >= 0.6 is 11.6 Å². The molecule has 0 N–H and O–H groups in total. The molecule has 0 aromatic heterocycles. The number of anilines is 1. The molecule has 0 heterocycles. The molecule has 0 unspecified atom stereocenters. The Labute approximate surface area is 136 Å². The van der Waals surface area contributed by atoms with Gasteiger partial charge in [-0.05, 0) is 41.8 Å². The van der Waals surface area contributed by atoms with E-state index in [0.29, 0.717) is 0 Å². The minimum Gasteiger partial charge on any atom is -0.242 e. The quantitative estimate of drug-likeness (QED) is 0.495. The number of halogens is 2. The van der Waals surface area contributed by atoms with Crippen LogP contribution in [0.1, 0.15) is 19.4 Å². The largest absolute Gasteiger partial charge is 0.242 e. The van der Waals surface area contributed by atoms with Crippen molar-refractivity contribution in [3.63, 3.8) is 0 Å². The lowest BCUT2D eigenvalue weighted by Gasteiger charge is -2.17. The van der Waals surface area contributed by atoms with Crippen molar-refractivity contribution in [3.8, 4) is 11.1 Å². The summed E-state index contributed by atoms with van der Waals surface area (Å²) in [5, 5.41) is 5.56. The maximum Gasteiger partial charge on any atom is 0.142 e. The van der Waals surface area contributed by atoms with Gasteiger partial charge in [0.25, 0.3) is 0 Å². The van der Waals surface area contributed by atoms with E-state index in [-0.39, 0.29) is 5.02 Å². The summed E-state index contributed by atoms with van der Waals surface area (Å²) in [7, 11) is 0. The highest BCUT2D eigenvalue weighted by Gasteiger charge is 2.08. The van der Waals surface area contributed by atoms with E-state index < -0.39 is 5.82 Å². The van der Waals surface area contributed by atoms with Crippen LogP contribution in [0.3, 0.4) is 0 Å². The summed E-state index contributed by atoms with van der Waals surface area (Å²) in [6, 6.07) is 10.5. The average Bonchev–Trinajstić information content (AvgIpc) is 2.55. The fourth-order valence-corrected chi connectivity index (χ4v) is 2.06. The summed E-state index contributed by atoms with van der Waals surface area (Å²) in [6.07, 6.45) is 1.57. The maximum atomic E-state index is 13.5. The van der Waals surface area contributed by atoms with E-state index in [0.717, 1.165) is 22.4 Å². The lowest BCUT2D eigenvalue weighted by atomic mass is 10.0. The van der Waals surface area contributed by atoms with Gasteiger partial charge in [0.15, 0.2) is 0 Å². The second-order valence-corrected chi connectivity index (χ2v) is 4.71. The molecule has 0 saturated carbocycles. The summed E-state index contributed by atoms with van der Waals surface area (Å²) in [4.78, 5) is 0. The standard InChI is InChI=1S/C16H14ClFN2.C2H6/c1-4-20(19-3)16-10-13(6-5-11(16)2)12-7-8-14(17)15(18)9-12;1-2/h4-10H,1,3H2,2H3;1-2H3. The van der Waals surface area contributed by atoms with Gasteiger partial charge >= 0.3 is 0 Å². The molecular formula is C18H20ClFN2. The van der Waals surface area contributed by atoms with E-state index >= 15 is 0 Å². The fourth-order valence-electron chi connectivity index (χ4n) is 1.94. The Morgan fingerprint density at radius 3 is 2.27 bits per heavy atom. The molecule has 0 bridgehead atoms. The Bertz CT molecular complexity index is 660. The highest BCUT2D eigenvalue weighted by atomic mass is 35.5. The van der Waals surface area contributed by atoms with Gasteiger partial charge in [-0.1, -0.05) is 50.2 Å². The molecule has 0 fully saturated rings. The van der Waals surface area contributed by atoms with E-state index in [9.17, 15) is 4.39 Å². The minimum atomic E-state index is -0.436. The lowest BCUT2D eigenvalue weighted by Crippen LogP contribution is -2.07. The van der Waals surface area contributed by atoms with Crippen LogP contribution < -0.4 is 5.01 Å². The van der Waals surface area contributed by atoms with Crippen LogP contribution in [-0.4, -0.2) is 6.72 Å². The molecule has 4 heteroatoms. The predicted molar refractivity (Wildman–Crippen MR) is 95.2 cm³/mol. The Kier molecular flexibility index (Phi) is 6.80. The number of hydrogen-bond acceptors (Lipinski definition) is 2. The van der Waals surface area contributed by atoms with Gasteiger partial charge in [-0.2, -0.15) is 5.10 Å². The number of hydrogen-bond donors (Lipinski definition) is 0. The molecule has 0 aliphatic rings. The van der Waals surface area contributed by atoms with E-state index in [4.69, 9.17) is 11.6 Å². The third-order valence-corrected chi connectivity index (χ3v) is 3.34. The Morgan fingerprint density at radius 2 is 1.73 bits per heavy atom. The predicted octanol–water partition coefficient (Wildman–Crippen LogP) is 6.05. The first-order valence-electron chi connectivity index (χ1n) is 7.01. The van der Waals surface area contributed by atoms with E-state index in [1.54, 1.807) is 23.3 Å². The molecule has 0 amide bonds. The zero-order chi connectivity index (χ0) is 16.7. The minimum absolute atomic E-state index is 0.113. The molecular weight excluding hydrogens is 299 g/mol. The van der Waals surface area contributed by atoms with Crippen LogP contribution in [0.5, 0.6) is 0 Å². The van der Waals surface area contributed by atoms with Crippen molar-refractivity contribution in [1.82, 2.24) is 0 Å². The molecule has 2 nitrogen and oxygen atoms in total. The molecule has 0 aliphatic carbocycles. The smallest absolute Gasteiger partial charge is 0.142 e. The van der Waals surface area contributed by atoms with E-state index in [1.165, 1.54) is 6.07 Å². The summed E-state index contributed by atoms with van der Waals surface area (Å²) >= 11 is 5.70. The average molecular weight is 319 g/mol. The van der Waals surface area contributed by atoms with Gasteiger partial charge in [0.05, 0.1) is 10.7 Å². The Hall–Kier alpha value is -2.13. The first-order chi connectivity index (χ1) is 10.6. The molecule has 0 atom stereocenters. The zero-order valence-corrected chi connectivity index (χ0v) is 13.9. The van der Waals surface area contributed by atoms with Gasteiger partial charge in [0.1, 0.15) is 5.82 Å². The third kappa shape index (κ3) is 3.95. The van der Waals surface area contributed by atoms with Gasteiger partial charge in [-0.25, -0.2) is 9.40 Å². The van der Waals surface area contributed by atoms with Crippen molar-refractivity contribution >= 4 is 24.0 Å². The van der Waals surface area contributed by atoms with Gasteiger partial charge in [0.2, 0.25) is 0 Å². The van der Waals surface area contributed by atoms with Crippen molar-refractivity contribution in [3.05, 3.63) is 65.6 Å². The second kappa shape index (κ2) is 8.35. The summed E-state index contributed by atoms with van der Waals surface area (Å²) in [5.74, 6) is -0.436. The van der Waals surface area contributed by atoms with Crippen molar-refractivity contribution in [2.24, 2.45) is 5.10 Å². The molecule has 2 rings (SSSR count). The van der Waals surface area contributed by atoms with Crippen LogP contribution in [0.25, 0.3) is 11.1 Å². The molecule has 0 aliphatic heterocycles. The number of hydrazone groups is 1. The highest BCUT2D eigenvalue weighted by Crippen LogP contribution is 2.30. The van der Waals surface area contributed by atoms with Crippen LogP contribution in [0.15, 0.2) is 54.3 Å². The molecule has 0 saturated heterocycles. The van der Waals surface area contributed by atoms with Crippen LogP contribution in [0.2, 0.25) is 5.02 Å². The van der Waals surface area contributed by atoms with Gasteiger partial charge in [0, 0.05) is 12.9 Å². The third-order valence-electron chi connectivity index (χ3n) is 3.03. The summed E-state index contributed by atoms with van der Waals surface area (Å²) in [5.41, 5.74) is 3.50. The number of nitrogens with zero attached hydrogens (tertiary/aromatic N) is 2. The fraction of sp³-hybridized carbons (Fsp3) is 0.167. The van der Waals surface area contributed by atoms with Crippen molar-refractivity contribution in [2.45, 2.75) is 20.8 Å². The zero-order valence-electron chi connectivity index (χ0n) is 13.1. The first-order valence-corrected chi connectivity index (χ1v) is 7.39. The van der Waals surface area contributed by atoms with Crippen LogP contribution in [0, 0.1) is 12.7 Å². The van der Waals surface area contributed by atoms with Crippen LogP contribution in [-0.2, 0) is 0 Å². The molecule has 0 radical (unpaired) electrons. The number of rotatable bonds is 4. The van der Waals surface area contributed by atoms with Crippen molar-refractivity contribution < 1.29 is 4.39 Å². The molecule has 2 aromatic rings. The van der Waals surface area contributed by atoms with Crippen LogP contribution in [0.4, 0.5) is 10.1 Å². The molecule has 116 valence electrons. The van der Waals surface area contributed by atoms with Crippen molar-refractivity contribution in [1.29, 1.82) is 0 Å². The van der Waals surface area contributed by atoms with Gasteiger partial charge in [-0.3, -0.25) is 0 Å². The van der Waals surface area contributed by atoms with E-state index in [1.807, 2.05) is 39.0 Å². The monoisotopic (exact) mass is 318 g/mol. The highest BCUT2D eigenvalue weighted by molar-refractivity contribution is 6.30. The lowest BCUT2D eigenvalue weighted by molar-refractivity contribution is 0.629. The van der Waals surface area contributed by atoms with Crippen molar-refractivity contribution in [2.75, 3.05) is 5.01 Å². The van der Waals surface area contributed by atoms with Gasteiger partial charge in [-0.15, -0.1) is 0 Å². The SMILES string of the molecule is C=CN(N=C)c1cc(-c2ccc(Cl)c(F)c2)ccc1C.CC. The second-order valence-electron chi connectivity index (χ2n) is 4.30. The van der Waals surface area contributed by atoms with E-state index in [2.05, 4.69) is 18.4 Å².